The Bertz CT molecular complexity index is 600. The number of hydrogen-bond acceptors (Lipinski definition) is 1. The van der Waals surface area contributed by atoms with Gasteiger partial charge in [0.2, 0.25) is 0 Å². The highest BCUT2D eigenvalue weighted by molar-refractivity contribution is 5.77. The Morgan fingerprint density at radius 2 is 1.65 bits per heavy atom. The summed E-state index contributed by atoms with van der Waals surface area (Å²) in [5, 5.41) is 9.18. The zero-order chi connectivity index (χ0) is 14.7. The smallest absolute Gasteiger partial charge is 0.310 e. The summed E-state index contributed by atoms with van der Waals surface area (Å²) >= 11 is 0. The van der Waals surface area contributed by atoms with Gasteiger partial charge < -0.3 is 5.11 Å². The minimum Gasteiger partial charge on any atom is -0.481 e. The second-order valence-corrected chi connectivity index (χ2v) is 5.43. The summed E-state index contributed by atoms with van der Waals surface area (Å²) in [5.74, 6) is -0.876. The van der Waals surface area contributed by atoms with Crippen LogP contribution in [0.15, 0.2) is 48.5 Å². The molecule has 1 unspecified atom stereocenters. The number of carboxylic acid groups (broad SMARTS) is 1. The Kier molecular flexibility index (Phi) is 4.23. The van der Waals surface area contributed by atoms with E-state index in [1.807, 2.05) is 30.3 Å². The van der Waals surface area contributed by atoms with Crippen LogP contribution in [0.5, 0.6) is 0 Å². The Morgan fingerprint density at radius 3 is 2.20 bits per heavy atom. The van der Waals surface area contributed by atoms with Crippen LogP contribution in [0, 0.1) is 0 Å². The third-order valence-electron chi connectivity index (χ3n) is 3.65. The van der Waals surface area contributed by atoms with Crippen LogP contribution in [0.25, 0.3) is 11.1 Å². The summed E-state index contributed by atoms with van der Waals surface area (Å²) in [6, 6.07) is 16.1. The lowest BCUT2D eigenvalue weighted by Gasteiger charge is -2.16. The second-order valence-electron chi connectivity index (χ2n) is 5.43. The molecule has 0 aromatic heterocycles. The first-order valence-electron chi connectivity index (χ1n) is 6.92. The van der Waals surface area contributed by atoms with Gasteiger partial charge in [-0.25, -0.2) is 0 Å². The van der Waals surface area contributed by atoms with E-state index in [0.717, 1.165) is 16.7 Å². The van der Waals surface area contributed by atoms with Gasteiger partial charge in [-0.05, 0) is 35.1 Å². The average Bonchev–Trinajstić information content (AvgIpc) is 2.46. The van der Waals surface area contributed by atoms with Gasteiger partial charge in [0, 0.05) is 0 Å². The van der Waals surface area contributed by atoms with Crippen LogP contribution in [-0.2, 0) is 4.79 Å². The lowest BCUT2D eigenvalue weighted by molar-refractivity contribution is -0.138. The van der Waals surface area contributed by atoms with Crippen LogP contribution < -0.4 is 0 Å². The van der Waals surface area contributed by atoms with E-state index in [1.165, 1.54) is 5.56 Å². The normalized spacial score (nSPS) is 12.4. The van der Waals surface area contributed by atoms with Crippen LogP contribution in [0.2, 0.25) is 0 Å². The summed E-state index contributed by atoms with van der Waals surface area (Å²) in [4.78, 5) is 11.2. The predicted octanol–water partition coefficient (Wildman–Crippen LogP) is 4.67. The van der Waals surface area contributed by atoms with Crippen LogP contribution in [0.1, 0.15) is 43.7 Å². The van der Waals surface area contributed by atoms with Gasteiger partial charge in [0.25, 0.3) is 0 Å². The van der Waals surface area contributed by atoms with E-state index in [2.05, 4.69) is 32.0 Å². The van der Waals surface area contributed by atoms with Crippen molar-refractivity contribution in [2.45, 2.75) is 32.6 Å². The van der Waals surface area contributed by atoms with Crippen molar-refractivity contribution in [3.05, 3.63) is 59.7 Å². The molecule has 1 atom stereocenters. The fourth-order valence-electron chi connectivity index (χ4n) is 2.36. The predicted molar refractivity (Wildman–Crippen MR) is 82.0 cm³/mol. The average molecular weight is 268 g/mol. The van der Waals surface area contributed by atoms with Crippen molar-refractivity contribution in [1.82, 2.24) is 0 Å². The monoisotopic (exact) mass is 268 g/mol. The molecular weight excluding hydrogens is 248 g/mol. The van der Waals surface area contributed by atoms with E-state index in [0.29, 0.717) is 5.92 Å². The number of rotatable bonds is 4. The molecule has 0 spiro atoms. The van der Waals surface area contributed by atoms with Crippen LogP contribution in [0.4, 0.5) is 0 Å². The molecule has 0 bridgehead atoms. The summed E-state index contributed by atoms with van der Waals surface area (Å²) in [7, 11) is 0. The van der Waals surface area contributed by atoms with Crippen LogP contribution in [-0.4, -0.2) is 11.1 Å². The molecule has 0 saturated heterocycles. The van der Waals surface area contributed by atoms with Crippen LogP contribution in [0.3, 0.4) is 0 Å². The summed E-state index contributed by atoms with van der Waals surface area (Å²) < 4.78 is 0. The van der Waals surface area contributed by atoms with Crippen molar-refractivity contribution in [3.63, 3.8) is 0 Å². The minimum atomic E-state index is -0.790. The molecule has 2 heteroatoms. The van der Waals surface area contributed by atoms with Gasteiger partial charge in [-0.2, -0.15) is 0 Å². The molecule has 0 aliphatic heterocycles. The zero-order valence-electron chi connectivity index (χ0n) is 12.1. The molecule has 104 valence electrons. The van der Waals surface area contributed by atoms with E-state index in [4.69, 9.17) is 0 Å². The van der Waals surface area contributed by atoms with E-state index < -0.39 is 11.9 Å². The standard InChI is InChI=1S/C18H20O2/c1-12(2)16-10-9-15(13(3)18(19)20)11-17(16)14-7-5-4-6-8-14/h4-13H,1-3H3,(H,19,20). The molecule has 0 aliphatic rings. The second kappa shape index (κ2) is 5.91. The molecule has 2 aromatic rings. The fourth-order valence-corrected chi connectivity index (χ4v) is 2.36. The Labute approximate surface area is 120 Å². The highest BCUT2D eigenvalue weighted by Gasteiger charge is 2.16. The summed E-state index contributed by atoms with van der Waals surface area (Å²) in [5.41, 5.74) is 4.36. The van der Waals surface area contributed by atoms with Gasteiger partial charge in [-0.15, -0.1) is 0 Å². The quantitative estimate of drug-likeness (QED) is 0.875. The molecule has 2 rings (SSSR count). The van der Waals surface area contributed by atoms with Crippen molar-refractivity contribution in [1.29, 1.82) is 0 Å². The van der Waals surface area contributed by atoms with Crippen molar-refractivity contribution in [2.75, 3.05) is 0 Å². The summed E-state index contributed by atoms with van der Waals surface area (Å²) in [6.45, 7) is 6.03. The number of benzene rings is 2. The van der Waals surface area contributed by atoms with Gasteiger partial charge >= 0.3 is 5.97 Å². The van der Waals surface area contributed by atoms with Gasteiger partial charge in [0.15, 0.2) is 0 Å². The highest BCUT2D eigenvalue weighted by atomic mass is 16.4. The number of carboxylic acids is 1. The lowest BCUT2D eigenvalue weighted by atomic mass is 9.88. The van der Waals surface area contributed by atoms with Gasteiger partial charge in [0.1, 0.15) is 0 Å². The largest absolute Gasteiger partial charge is 0.481 e. The Morgan fingerprint density at radius 1 is 1.00 bits per heavy atom. The fraction of sp³-hybridized carbons (Fsp3) is 0.278. The first-order valence-corrected chi connectivity index (χ1v) is 6.92. The molecule has 20 heavy (non-hydrogen) atoms. The molecule has 1 N–H and O–H groups in total. The number of carbonyl (C=O) groups is 1. The zero-order valence-corrected chi connectivity index (χ0v) is 12.1. The maximum absolute atomic E-state index is 11.2. The van der Waals surface area contributed by atoms with E-state index >= 15 is 0 Å². The maximum atomic E-state index is 11.2. The van der Waals surface area contributed by atoms with Gasteiger partial charge in [-0.3, -0.25) is 4.79 Å². The Balaban J connectivity index is 2.57. The molecule has 0 radical (unpaired) electrons. The molecule has 0 heterocycles. The van der Waals surface area contributed by atoms with E-state index in [9.17, 15) is 9.90 Å². The molecular formula is C18H20O2. The molecule has 0 amide bonds. The van der Waals surface area contributed by atoms with Crippen molar-refractivity contribution >= 4 is 5.97 Å². The third kappa shape index (κ3) is 2.90. The van der Waals surface area contributed by atoms with Crippen molar-refractivity contribution in [2.24, 2.45) is 0 Å². The Hall–Kier alpha value is -2.09. The van der Waals surface area contributed by atoms with E-state index in [1.54, 1.807) is 6.92 Å². The van der Waals surface area contributed by atoms with Crippen LogP contribution >= 0.6 is 0 Å². The molecule has 0 aliphatic carbocycles. The topological polar surface area (TPSA) is 37.3 Å². The molecule has 2 aromatic carbocycles. The van der Waals surface area contributed by atoms with Crippen molar-refractivity contribution < 1.29 is 9.90 Å². The first kappa shape index (κ1) is 14.3. The maximum Gasteiger partial charge on any atom is 0.310 e. The molecule has 0 fully saturated rings. The molecule has 0 saturated carbocycles. The minimum absolute atomic E-state index is 0.402. The third-order valence-corrected chi connectivity index (χ3v) is 3.65. The van der Waals surface area contributed by atoms with Crippen molar-refractivity contribution in [3.8, 4) is 11.1 Å². The number of hydrogen-bond donors (Lipinski definition) is 1. The lowest BCUT2D eigenvalue weighted by Crippen LogP contribution is -2.08. The van der Waals surface area contributed by atoms with Gasteiger partial charge in [0.05, 0.1) is 5.92 Å². The highest BCUT2D eigenvalue weighted by Crippen LogP contribution is 2.32. The summed E-state index contributed by atoms with van der Waals surface area (Å²) in [6.07, 6.45) is 0. The SMILES string of the molecule is CC(C)c1ccc(C(C)C(=O)O)cc1-c1ccccc1. The first-order chi connectivity index (χ1) is 9.50. The number of aliphatic carboxylic acids is 1. The van der Waals surface area contributed by atoms with Gasteiger partial charge in [-0.1, -0.05) is 62.4 Å². The van der Waals surface area contributed by atoms with E-state index in [-0.39, 0.29) is 0 Å². The molecule has 2 nitrogen and oxygen atoms in total.